The Morgan fingerprint density at radius 2 is 1.26 bits per heavy atom. The molecule has 4 nitrogen and oxygen atoms in total. The molecule has 12 heteroatoms. The van der Waals surface area contributed by atoms with Crippen molar-refractivity contribution in [1.29, 1.82) is 0 Å². The molecule has 0 atom stereocenters. The van der Waals surface area contributed by atoms with Crippen molar-refractivity contribution >= 4 is 11.9 Å². The summed E-state index contributed by atoms with van der Waals surface area (Å²) in [5.41, 5.74) is -2.12. The van der Waals surface area contributed by atoms with Crippen LogP contribution < -0.4 is 0 Å². The third-order valence-electron chi connectivity index (χ3n) is 5.01. The zero-order valence-electron chi connectivity index (χ0n) is 17.6. The number of carbonyl (C=O) groups is 2. The van der Waals surface area contributed by atoms with Crippen LogP contribution in [0.4, 0.5) is 35.1 Å². The predicted octanol–water partition coefficient (Wildman–Crippen LogP) is 6.02. The minimum Gasteiger partial charge on any atom is -0.465 e. The van der Waals surface area contributed by atoms with Gasteiger partial charge in [-0.1, -0.05) is 46.5 Å². The molecule has 0 aromatic rings. The lowest BCUT2D eigenvalue weighted by Gasteiger charge is -2.33. The number of hydrogen-bond donors (Lipinski definition) is 0. The van der Waals surface area contributed by atoms with E-state index in [1.54, 1.807) is 0 Å². The van der Waals surface area contributed by atoms with E-state index in [0.29, 0.717) is 6.42 Å². The van der Waals surface area contributed by atoms with Gasteiger partial charge in [-0.3, -0.25) is 9.59 Å². The number of alkyl halides is 8. The highest BCUT2D eigenvalue weighted by atomic mass is 19.4. The van der Waals surface area contributed by atoms with Crippen molar-refractivity contribution in [3.05, 3.63) is 0 Å². The van der Waals surface area contributed by atoms with Crippen LogP contribution in [0.25, 0.3) is 0 Å². The fourth-order valence-electron chi connectivity index (χ4n) is 2.69. The van der Waals surface area contributed by atoms with Gasteiger partial charge in [0.25, 0.3) is 0 Å². The highest BCUT2D eigenvalue weighted by Crippen LogP contribution is 2.48. The van der Waals surface area contributed by atoms with Crippen LogP contribution in [0.5, 0.6) is 0 Å². The summed E-state index contributed by atoms with van der Waals surface area (Å²) in [7, 11) is 0. The second kappa shape index (κ2) is 11.8. The van der Waals surface area contributed by atoms with Gasteiger partial charge in [0.1, 0.15) is 0 Å². The molecule has 0 spiro atoms. The molecular weight excluding hydrogens is 444 g/mol. The van der Waals surface area contributed by atoms with Crippen LogP contribution in [-0.4, -0.2) is 49.3 Å². The van der Waals surface area contributed by atoms with E-state index in [9.17, 15) is 44.7 Å². The third-order valence-corrected chi connectivity index (χ3v) is 5.01. The maximum absolute atomic E-state index is 13.6. The summed E-state index contributed by atoms with van der Waals surface area (Å²) in [6.45, 7) is 1.92. The van der Waals surface area contributed by atoms with Crippen molar-refractivity contribution in [2.45, 2.75) is 89.9 Å². The molecule has 0 fully saturated rings. The number of hydrogen-bond acceptors (Lipinski definition) is 4. The molecule has 0 bridgehead atoms. The highest BCUT2D eigenvalue weighted by molar-refractivity contribution is 6.00. The van der Waals surface area contributed by atoms with E-state index < -0.39 is 48.2 Å². The smallest absolute Gasteiger partial charge is 0.381 e. The van der Waals surface area contributed by atoms with Gasteiger partial charge in [-0.2, -0.15) is 26.3 Å². The summed E-state index contributed by atoms with van der Waals surface area (Å²) in [6.07, 6.45) is -1.67. The molecule has 0 aliphatic carbocycles. The molecule has 31 heavy (non-hydrogen) atoms. The zero-order valence-corrected chi connectivity index (χ0v) is 17.6. The molecule has 0 aromatic carbocycles. The Morgan fingerprint density at radius 1 is 0.774 bits per heavy atom. The molecule has 0 heterocycles. The fraction of sp³-hybridized carbons (Fsp3) is 0.895. The topological polar surface area (TPSA) is 52.6 Å². The first-order valence-corrected chi connectivity index (χ1v) is 9.93. The Kier molecular flexibility index (Phi) is 11.2. The molecule has 0 aliphatic rings. The molecule has 0 aromatic heterocycles. The number of carbonyl (C=O) groups excluding carboxylic acids is 2. The second-order valence-corrected chi connectivity index (χ2v) is 7.12. The SMILES string of the molecule is CCCCCCCOC(=O)C(CC)(CC)C(=O)OCC(F)(F)C(F)(F)C(F)(F)C(F)F. The third kappa shape index (κ3) is 6.68. The van der Waals surface area contributed by atoms with Gasteiger partial charge < -0.3 is 9.47 Å². The van der Waals surface area contributed by atoms with E-state index >= 15 is 0 Å². The lowest BCUT2D eigenvalue weighted by atomic mass is 9.82. The summed E-state index contributed by atoms with van der Waals surface area (Å²) < 4.78 is 113. The van der Waals surface area contributed by atoms with Crippen LogP contribution in [0, 0.1) is 5.41 Å². The summed E-state index contributed by atoms with van der Waals surface area (Å²) in [6, 6.07) is 0. The van der Waals surface area contributed by atoms with Crippen LogP contribution in [0.2, 0.25) is 0 Å². The Bertz CT molecular complexity index is 577. The number of esters is 2. The maximum atomic E-state index is 13.6. The van der Waals surface area contributed by atoms with Crippen LogP contribution in [0.15, 0.2) is 0 Å². The van der Waals surface area contributed by atoms with Crippen molar-refractivity contribution in [1.82, 2.24) is 0 Å². The lowest BCUT2D eigenvalue weighted by Crippen LogP contribution is -2.59. The van der Waals surface area contributed by atoms with Gasteiger partial charge in [-0.05, 0) is 19.3 Å². The van der Waals surface area contributed by atoms with Crippen LogP contribution >= 0.6 is 0 Å². The highest BCUT2D eigenvalue weighted by Gasteiger charge is 2.75. The Balaban J connectivity index is 5.21. The summed E-state index contributed by atoms with van der Waals surface area (Å²) >= 11 is 0. The van der Waals surface area contributed by atoms with Gasteiger partial charge in [-0.15, -0.1) is 0 Å². The molecule has 0 amide bonds. The Morgan fingerprint density at radius 3 is 1.71 bits per heavy atom. The van der Waals surface area contributed by atoms with Crippen molar-refractivity contribution in [2.75, 3.05) is 13.2 Å². The van der Waals surface area contributed by atoms with Crippen LogP contribution in [0.3, 0.4) is 0 Å². The quantitative estimate of drug-likeness (QED) is 0.127. The van der Waals surface area contributed by atoms with Gasteiger partial charge >= 0.3 is 36.1 Å². The van der Waals surface area contributed by atoms with E-state index in [0.717, 1.165) is 25.7 Å². The molecule has 0 rings (SSSR count). The summed E-state index contributed by atoms with van der Waals surface area (Å²) in [5.74, 6) is -21.5. The van der Waals surface area contributed by atoms with Gasteiger partial charge in [0, 0.05) is 0 Å². The van der Waals surface area contributed by atoms with E-state index in [1.807, 2.05) is 6.92 Å². The summed E-state index contributed by atoms with van der Waals surface area (Å²) in [4.78, 5) is 24.6. The molecule has 0 radical (unpaired) electrons. The van der Waals surface area contributed by atoms with Gasteiger partial charge in [0.2, 0.25) is 0 Å². The monoisotopic (exact) mass is 472 g/mol. The van der Waals surface area contributed by atoms with Gasteiger partial charge in [0.05, 0.1) is 6.61 Å². The standard InChI is InChI=1S/C19H28F8O4/c1-4-7-8-9-10-11-30-14(28)16(5-2,6-3)15(29)31-12-17(22,23)19(26,27)18(24,25)13(20)21/h13H,4-12H2,1-3H3. The molecule has 0 saturated carbocycles. The first kappa shape index (κ1) is 29.4. The van der Waals surface area contributed by atoms with E-state index in [1.165, 1.54) is 13.8 Å². The van der Waals surface area contributed by atoms with Crippen LogP contribution in [-0.2, 0) is 19.1 Å². The van der Waals surface area contributed by atoms with Crippen molar-refractivity contribution < 1.29 is 54.2 Å². The normalized spacial score (nSPS) is 13.4. The zero-order chi connectivity index (χ0) is 24.5. The molecule has 0 saturated heterocycles. The predicted molar refractivity (Wildman–Crippen MR) is 94.5 cm³/mol. The molecule has 0 N–H and O–H groups in total. The van der Waals surface area contributed by atoms with Gasteiger partial charge in [0.15, 0.2) is 12.0 Å². The largest absolute Gasteiger partial charge is 0.465 e. The van der Waals surface area contributed by atoms with Crippen molar-refractivity contribution in [3.8, 4) is 0 Å². The number of halogens is 8. The van der Waals surface area contributed by atoms with E-state index in [-0.39, 0.29) is 19.4 Å². The van der Waals surface area contributed by atoms with Crippen molar-refractivity contribution in [2.24, 2.45) is 5.41 Å². The van der Waals surface area contributed by atoms with E-state index in [4.69, 9.17) is 4.74 Å². The van der Waals surface area contributed by atoms with Gasteiger partial charge in [-0.25, -0.2) is 8.78 Å². The molecular formula is C19H28F8O4. The first-order chi connectivity index (χ1) is 14.2. The number of unbranched alkanes of at least 4 members (excludes halogenated alkanes) is 4. The number of rotatable bonds is 15. The maximum Gasteiger partial charge on any atom is 0.381 e. The first-order valence-electron chi connectivity index (χ1n) is 9.93. The molecule has 0 aliphatic heterocycles. The number of ether oxygens (including phenoxy) is 2. The van der Waals surface area contributed by atoms with Crippen LogP contribution in [0.1, 0.15) is 65.7 Å². The average molecular weight is 472 g/mol. The van der Waals surface area contributed by atoms with Crippen molar-refractivity contribution in [3.63, 3.8) is 0 Å². The average Bonchev–Trinajstić information content (AvgIpc) is 2.69. The Labute approximate surface area is 175 Å². The fourth-order valence-corrected chi connectivity index (χ4v) is 2.69. The second-order valence-electron chi connectivity index (χ2n) is 7.12. The van der Waals surface area contributed by atoms with E-state index in [2.05, 4.69) is 4.74 Å². The minimum atomic E-state index is -6.51. The summed E-state index contributed by atoms with van der Waals surface area (Å²) in [5, 5.41) is 0. The molecule has 184 valence electrons. The Hall–Kier alpha value is -1.62. The minimum absolute atomic E-state index is 0.0770. The lowest BCUT2D eigenvalue weighted by molar-refractivity contribution is -0.344. The molecule has 0 unspecified atom stereocenters.